The summed E-state index contributed by atoms with van der Waals surface area (Å²) in [5.41, 5.74) is 1.83. The molecule has 0 amide bonds. The van der Waals surface area contributed by atoms with Crippen LogP contribution >= 0.6 is 0 Å². The van der Waals surface area contributed by atoms with Crippen molar-refractivity contribution in [3.63, 3.8) is 0 Å². The monoisotopic (exact) mass is 249 g/mol. The molecule has 2 unspecified atom stereocenters. The lowest BCUT2D eigenvalue weighted by molar-refractivity contribution is -0.384. The van der Waals surface area contributed by atoms with Gasteiger partial charge < -0.3 is 10.6 Å². The Balaban J connectivity index is 2.16. The van der Waals surface area contributed by atoms with Gasteiger partial charge in [0.25, 0.3) is 5.69 Å². The lowest BCUT2D eigenvalue weighted by atomic mass is 10.00. The Bertz CT molecular complexity index is 448. The van der Waals surface area contributed by atoms with Gasteiger partial charge in [-0.15, -0.1) is 0 Å². The van der Waals surface area contributed by atoms with Crippen molar-refractivity contribution in [1.82, 2.24) is 5.32 Å². The lowest BCUT2D eigenvalue weighted by Crippen LogP contribution is -2.41. The Hall–Kier alpha value is -1.62. The van der Waals surface area contributed by atoms with Gasteiger partial charge >= 0.3 is 0 Å². The second-order valence-corrected chi connectivity index (χ2v) is 5.00. The third-order valence-corrected chi connectivity index (χ3v) is 3.33. The maximum Gasteiger partial charge on any atom is 0.292 e. The average molecular weight is 249 g/mol. The molecule has 5 heteroatoms. The van der Waals surface area contributed by atoms with Gasteiger partial charge in [0.2, 0.25) is 0 Å². The highest BCUT2D eigenvalue weighted by Crippen LogP contribution is 2.27. The number of nitro benzene ring substituents is 1. The van der Waals surface area contributed by atoms with E-state index in [1.165, 1.54) is 0 Å². The number of aryl methyl sites for hydroxylation is 1. The van der Waals surface area contributed by atoms with E-state index in [4.69, 9.17) is 0 Å². The molecule has 1 aromatic carbocycles. The van der Waals surface area contributed by atoms with Gasteiger partial charge in [-0.1, -0.05) is 6.07 Å². The summed E-state index contributed by atoms with van der Waals surface area (Å²) in [5.74, 6) is 0. The van der Waals surface area contributed by atoms with Crippen molar-refractivity contribution < 1.29 is 4.92 Å². The van der Waals surface area contributed by atoms with Crippen molar-refractivity contribution in [2.75, 3.05) is 11.9 Å². The molecule has 1 saturated heterocycles. The van der Waals surface area contributed by atoms with E-state index in [1.54, 1.807) is 12.1 Å². The summed E-state index contributed by atoms with van der Waals surface area (Å²) in [5, 5.41) is 17.7. The highest BCUT2D eigenvalue weighted by Gasteiger charge is 2.21. The van der Waals surface area contributed by atoms with Crippen LogP contribution in [0.25, 0.3) is 0 Å². The quantitative estimate of drug-likeness (QED) is 0.638. The Morgan fingerprint density at radius 3 is 2.94 bits per heavy atom. The van der Waals surface area contributed by atoms with Gasteiger partial charge in [0.05, 0.1) is 4.92 Å². The number of nitro groups is 1. The number of nitrogens with zero attached hydrogens (tertiary/aromatic N) is 1. The van der Waals surface area contributed by atoms with Crippen LogP contribution in [0.3, 0.4) is 0 Å². The van der Waals surface area contributed by atoms with Crippen molar-refractivity contribution in [3.05, 3.63) is 33.9 Å². The number of hydrogen-bond acceptors (Lipinski definition) is 4. The van der Waals surface area contributed by atoms with E-state index in [9.17, 15) is 10.1 Å². The minimum atomic E-state index is -0.327. The molecule has 1 aliphatic rings. The van der Waals surface area contributed by atoms with Crippen LogP contribution in [0.4, 0.5) is 11.4 Å². The van der Waals surface area contributed by atoms with Gasteiger partial charge in [-0.2, -0.15) is 0 Å². The van der Waals surface area contributed by atoms with Crippen molar-refractivity contribution in [1.29, 1.82) is 0 Å². The van der Waals surface area contributed by atoms with Crippen LogP contribution in [-0.2, 0) is 0 Å². The van der Waals surface area contributed by atoms with Crippen molar-refractivity contribution in [2.24, 2.45) is 0 Å². The molecule has 2 N–H and O–H groups in total. The van der Waals surface area contributed by atoms with Gasteiger partial charge in [-0.25, -0.2) is 0 Å². The molecule has 0 radical (unpaired) electrons. The van der Waals surface area contributed by atoms with E-state index in [1.807, 2.05) is 13.0 Å². The molecule has 0 aliphatic carbocycles. The Kier molecular flexibility index (Phi) is 3.81. The van der Waals surface area contributed by atoms with E-state index < -0.39 is 0 Å². The van der Waals surface area contributed by atoms with Crippen LogP contribution < -0.4 is 10.6 Å². The fourth-order valence-corrected chi connectivity index (χ4v) is 2.41. The molecule has 0 saturated carbocycles. The molecule has 2 atom stereocenters. The standard InChI is InChI=1S/C13H19N3O2/c1-9-3-4-13(16(17)18)12(7-9)15-11-5-6-14-10(2)8-11/h3-4,7,10-11,14-15H,5-6,8H2,1-2H3. The molecule has 1 aromatic rings. The zero-order valence-corrected chi connectivity index (χ0v) is 10.8. The maximum atomic E-state index is 11.0. The lowest BCUT2D eigenvalue weighted by Gasteiger charge is -2.29. The van der Waals surface area contributed by atoms with Crippen LogP contribution in [0.15, 0.2) is 18.2 Å². The van der Waals surface area contributed by atoms with Crippen LogP contribution in [0.2, 0.25) is 0 Å². The van der Waals surface area contributed by atoms with Crippen LogP contribution in [-0.4, -0.2) is 23.6 Å². The summed E-state index contributed by atoms with van der Waals surface area (Å²) < 4.78 is 0. The predicted octanol–water partition coefficient (Wildman–Crippen LogP) is 2.46. The second-order valence-electron chi connectivity index (χ2n) is 5.00. The first-order valence-electron chi connectivity index (χ1n) is 6.31. The largest absolute Gasteiger partial charge is 0.377 e. The predicted molar refractivity (Wildman–Crippen MR) is 71.9 cm³/mol. The summed E-state index contributed by atoms with van der Waals surface area (Å²) in [6, 6.07) is 5.96. The van der Waals surface area contributed by atoms with E-state index in [-0.39, 0.29) is 10.6 Å². The van der Waals surface area contributed by atoms with E-state index >= 15 is 0 Å². The molecular formula is C13H19N3O2. The molecule has 18 heavy (non-hydrogen) atoms. The first kappa shape index (κ1) is 12.8. The molecule has 2 rings (SSSR count). The molecular weight excluding hydrogens is 230 g/mol. The molecule has 0 spiro atoms. The van der Waals surface area contributed by atoms with Crippen LogP contribution in [0.1, 0.15) is 25.3 Å². The number of anilines is 1. The SMILES string of the molecule is Cc1ccc([N+](=O)[O-])c(NC2CCNC(C)C2)c1. The first-order chi connectivity index (χ1) is 8.56. The molecule has 0 bridgehead atoms. The highest BCUT2D eigenvalue weighted by atomic mass is 16.6. The van der Waals surface area contributed by atoms with Crippen molar-refractivity contribution >= 4 is 11.4 Å². The molecule has 0 aromatic heterocycles. The zero-order valence-electron chi connectivity index (χ0n) is 10.8. The topological polar surface area (TPSA) is 67.2 Å². The average Bonchev–Trinajstić information content (AvgIpc) is 2.28. The third-order valence-electron chi connectivity index (χ3n) is 3.33. The van der Waals surface area contributed by atoms with Gasteiger partial charge in [0, 0.05) is 18.2 Å². The summed E-state index contributed by atoms with van der Waals surface area (Å²) in [7, 11) is 0. The smallest absolute Gasteiger partial charge is 0.292 e. The molecule has 98 valence electrons. The minimum absolute atomic E-state index is 0.159. The van der Waals surface area contributed by atoms with Gasteiger partial charge in [-0.3, -0.25) is 10.1 Å². The minimum Gasteiger partial charge on any atom is -0.377 e. The fraction of sp³-hybridized carbons (Fsp3) is 0.538. The van der Waals surface area contributed by atoms with Gasteiger partial charge in [-0.05, 0) is 44.9 Å². The van der Waals surface area contributed by atoms with E-state index in [0.29, 0.717) is 17.8 Å². The highest BCUT2D eigenvalue weighted by molar-refractivity contribution is 5.63. The Morgan fingerprint density at radius 1 is 1.50 bits per heavy atom. The summed E-state index contributed by atoms with van der Waals surface area (Å²) in [6.45, 7) is 5.04. The fourth-order valence-electron chi connectivity index (χ4n) is 2.41. The molecule has 1 heterocycles. The number of hydrogen-bond donors (Lipinski definition) is 2. The third kappa shape index (κ3) is 2.98. The van der Waals surface area contributed by atoms with Gasteiger partial charge in [0.15, 0.2) is 0 Å². The first-order valence-corrected chi connectivity index (χ1v) is 6.31. The maximum absolute atomic E-state index is 11.0. The molecule has 1 fully saturated rings. The zero-order chi connectivity index (χ0) is 13.1. The number of benzene rings is 1. The normalized spacial score (nSPS) is 23.7. The summed E-state index contributed by atoms with van der Waals surface area (Å²) >= 11 is 0. The number of nitrogens with one attached hydrogen (secondary N) is 2. The van der Waals surface area contributed by atoms with E-state index in [0.717, 1.165) is 24.9 Å². The molecule has 5 nitrogen and oxygen atoms in total. The van der Waals surface area contributed by atoms with Crippen LogP contribution in [0, 0.1) is 17.0 Å². The van der Waals surface area contributed by atoms with Gasteiger partial charge in [0.1, 0.15) is 5.69 Å². The van der Waals surface area contributed by atoms with Crippen molar-refractivity contribution in [2.45, 2.75) is 38.8 Å². The van der Waals surface area contributed by atoms with E-state index in [2.05, 4.69) is 17.6 Å². The summed E-state index contributed by atoms with van der Waals surface area (Å²) in [6.07, 6.45) is 1.99. The number of piperidine rings is 1. The summed E-state index contributed by atoms with van der Waals surface area (Å²) in [4.78, 5) is 10.7. The Labute approximate surface area is 107 Å². The second kappa shape index (κ2) is 5.35. The van der Waals surface area contributed by atoms with Crippen molar-refractivity contribution in [3.8, 4) is 0 Å². The Morgan fingerprint density at radius 2 is 2.28 bits per heavy atom. The molecule has 1 aliphatic heterocycles. The number of rotatable bonds is 3. The van der Waals surface area contributed by atoms with Crippen LogP contribution in [0.5, 0.6) is 0 Å².